The number of ether oxygens (including phenoxy) is 1. The first-order valence-electron chi connectivity index (χ1n) is 5.75. The lowest BCUT2D eigenvalue weighted by molar-refractivity contribution is 0.0686. The van der Waals surface area contributed by atoms with Crippen molar-refractivity contribution >= 4 is 17.6 Å². The highest BCUT2D eigenvalue weighted by molar-refractivity contribution is 6.09. The van der Waals surface area contributed by atoms with Crippen molar-refractivity contribution in [3.8, 4) is 5.75 Å². The SMILES string of the molecule is COc1ccc(NC(=O)c2cccnc2C(=O)O)cc1. The Morgan fingerprint density at radius 1 is 1.20 bits per heavy atom. The third-order valence-electron chi connectivity index (χ3n) is 2.60. The Kier molecular flexibility index (Phi) is 3.95. The van der Waals surface area contributed by atoms with Gasteiger partial charge in [-0.05, 0) is 36.4 Å². The average molecular weight is 272 g/mol. The number of benzene rings is 1. The van der Waals surface area contributed by atoms with Gasteiger partial charge in [0, 0.05) is 11.9 Å². The van der Waals surface area contributed by atoms with Gasteiger partial charge in [0.15, 0.2) is 5.69 Å². The van der Waals surface area contributed by atoms with Crippen LogP contribution in [0.5, 0.6) is 5.75 Å². The van der Waals surface area contributed by atoms with Crippen molar-refractivity contribution in [2.24, 2.45) is 0 Å². The molecule has 0 bridgehead atoms. The first-order valence-corrected chi connectivity index (χ1v) is 5.75. The van der Waals surface area contributed by atoms with Gasteiger partial charge in [-0.1, -0.05) is 0 Å². The maximum Gasteiger partial charge on any atom is 0.355 e. The van der Waals surface area contributed by atoms with Gasteiger partial charge in [0.25, 0.3) is 5.91 Å². The minimum Gasteiger partial charge on any atom is -0.497 e. The second kappa shape index (κ2) is 5.83. The summed E-state index contributed by atoms with van der Waals surface area (Å²) in [6.45, 7) is 0. The molecule has 0 aliphatic heterocycles. The van der Waals surface area contributed by atoms with Crippen molar-refractivity contribution in [3.63, 3.8) is 0 Å². The molecule has 2 N–H and O–H groups in total. The van der Waals surface area contributed by atoms with Gasteiger partial charge in [-0.15, -0.1) is 0 Å². The Morgan fingerprint density at radius 2 is 1.90 bits per heavy atom. The number of pyridine rings is 1. The summed E-state index contributed by atoms with van der Waals surface area (Å²) in [7, 11) is 1.54. The molecule has 0 saturated heterocycles. The summed E-state index contributed by atoms with van der Waals surface area (Å²) in [5.41, 5.74) is 0.269. The van der Waals surface area contributed by atoms with Gasteiger partial charge in [-0.3, -0.25) is 4.79 Å². The van der Waals surface area contributed by atoms with Crippen molar-refractivity contribution in [2.75, 3.05) is 12.4 Å². The van der Waals surface area contributed by atoms with Crippen LogP contribution in [0.3, 0.4) is 0 Å². The summed E-state index contributed by atoms with van der Waals surface area (Å²) in [5.74, 6) is -1.11. The third kappa shape index (κ3) is 2.92. The topological polar surface area (TPSA) is 88.5 Å². The summed E-state index contributed by atoms with van der Waals surface area (Å²) >= 11 is 0. The molecule has 0 spiro atoms. The Bertz CT molecular complexity index is 638. The summed E-state index contributed by atoms with van der Waals surface area (Å²) < 4.78 is 5.01. The summed E-state index contributed by atoms with van der Waals surface area (Å²) in [5, 5.41) is 11.6. The molecular weight excluding hydrogens is 260 g/mol. The Balaban J connectivity index is 2.21. The fourth-order valence-corrected chi connectivity index (χ4v) is 1.63. The van der Waals surface area contributed by atoms with E-state index in [9.17, 15) is 9.59 Å². The normalized spacial score (nSPS) is 9.85. The number of aromatic carboxylic acids is 1. The summed E-state index contributed by atoms with van der Waals surface area (Å²) in [4.78, 5) is 26.7. The zero-order valence-electron chi connectivity index (χ0n) is 10.7. The van der Waals surface area contributed by atoms with Crippen LogP contribution in [0.4, 0.5) is 5.69 Å². The number of carbonyl (C=O) groups excluding carboxylic acids is 1. The highest BCUT2D eigenvalue weighted by Crippen LogP contribution is 2.16. The van der Waals surface area contributed by atoms with Gasteiger partial charge < -0.3 is 15.2 Å². The van der Waals surface area contributed by atoms with E-state index in [0.717, 1.165) is 0 Å². The van der Waals surface area contributed by atoms with Crippen LogP contribution in [0.1, 0.15) is 20.8 Å². The minimum absolute atomic E-state index is 0.0100. The highest BCUT2D eigenvalue weighted by atomic mass is 16.5. The smallest absolute Gasteiger partial charge is 0.355 e. The van der Waals surface area contributed by atoms with Crippen LogP contribution < -0.4 is 10.1 Å². The van der Waals surface area contributed by atoms with Crippen molar-refractivity contribution in [1.82, 2.24) is 4.98 Å². The fraction of sp³-hybridized carbons (Fsp3) is 0.0714. The molecule has 1 aromatic carbocycles. The first-order chi connectivity index (χ1) is 9.61. The third-order valence-corrected chi connectivity index (χ3v) is 2.60. The number of hydrogen-bond acceptors (Lipinski definition) is 4. The Morgan fingerprint density at radius 3 is 2.50 bits per heavy atom. The molecule has 20 heavy (non-hydrogen) atoms. The number of nitrogens with one attached hydrogen (secondary N) is 1. The first kappa shape index (κ1) is 13.5. The number of carboxylic acids is 1. The van der Waals surface area contributed by atoms with Crippen LogP contribution in [0.2, 0.25) is 0 Å². The quantitative estimate of drug-likeness (QED) is 0.889. The second-order valence-corrected chi connectivity index (χ2v) is 3.89. The van der Waals surface area contributed by atoms with E-state index >= 15 is 0 Å². The molecule has 102 valence electrons. The highest BCUT2D eigenvalue weighted by Gasteiger charge is 2.17. The molecule has 0 radical (unpaired) electrons. The number of carboxylic acid groups (broad SMARTS) is 1. The molecule has 2 rings (SSSR count). The number of carbonyl (C=O) groups is 2. The van der Waals surface area contributed by atoms with Gasteiger partial charge in [0.2, 0.25) is 0 Å². The van der Waals surface area contributed by atoms with Crippen LogP contribution in [-0.4, -0.2) is 29.1 Å². The molecule has 0 atom stereocenters. The number of hydrogen-bond donors (Lipinski definition) is 2. The summed E-state index contributed by atoms with van der Waals surface area (Å²) in [6, 6.07) is 9.62. The standard InChI is InChI=1S/C14H12N2O4/c1-20-10-6-4-9(5-7-10)16-13(17)11-3-2-8-15-12(11)14(18)19/h2-8H,1H3,(H,16,17)(H,18,19). The molecule has 1 heterocycles. The molecule has 6 nitrogen and oxygen atoms in total. The van der Waals surface area contributed by atoms with Crippen LogP contribution in [-0.2, 0) is 0 Å². The monoisotopic (exact) mass is 272 g/mol. The van der Waals surface area contributed by atoms with Crippen LogP contribution in [0, 0.1) is 0 Å². The fourth-order valence-electron chi connectivity index (χ4n) is 1.63. The number of anilines is 1. The van der Waals surface area contributed by atoms with Crippen LogP contribution >= 0.6 is 0 Å². The molecule has 0 aliphatic carbocycles. The van der Waals surface area contributed by atoms with E-state index in [1.165, 1.54) is 18.3 Å². The zero-order valence-corrected chi connectivity index (χ0v) is 10.7. The molecular formula is C14H12N2O4. The number of aromatic nitrogens is 1. The van der Waals surface area contributed by atoms with E-state index in [2.05, 4.69) is 10.3 Å². The van der Waals surface area contributed by atoms with Gasteiger partial charge in [0.05, 0.1) is 12.7 Å². The average Bonchev–Trinajstić information content (AvgIpc) is 2.48. The van der Waals surface area contributed by atoms with E-state index in [1.54, 1.807) is 31.4 Å². The molecule has 0 aliphatic rings. The lowest BCUT2D eigenvalue weighted by Gasteiger charge is -2.07. The molecule has 0 saturated carbocycles. The molecule has 2 aromatic rings. The molecule has 1 aromatic heterocycles. The van der Waals surface area contributed by atoms with Crippen LogP contribution in [0.15, 0.2) is 42.6 Å². The van der Waals surface area contributed by atoms with Gasteiger partial charge in [0.1, 0.15) is 5.75 Å². The number of amides is 1. The van der Waals surface area contributed by atoms with E-state index in [-0.39, 0.29) is 11.3 Å². The van der Waals surface area contributed by atoms with Crippen molar-refractivity contribution < 1.29 is 19.4 Å². The molecule has 1 amide bonds. The Hall–Kier alpha value is -2.89. The van der Waals surface area contributed by atoms with Crippen molar-refractivity contribution in [3.05, 3.63) is 53.9 Å². The lowest BCUT2D eigenvalue weighted by Crippen LogP contribution is -2.17. The number of rotatable bonds is 4. The maximum atomic E-state index is 12.0. The van der Waals surface area contributed by atoms with E-state index < -0.39 is 11.9 Å². The molecule has 0 unspecified atom stereocenters. The lowest BCUT2D eigenvalue weighted by atomic mass is 10.1. The van der Waals surface area contributed by atoms with Crippen molar-refractivity contribution in [2.45, 2.75) is 0 Å². The molecule has 6 heteroatoms. The largest absolute Gasteiger partial charge is 0.497 e. The number of methoxy groups -OCH3 is 1. The predicted molar refractivity (Wildman–Crippen MR) is 72.1 cm³/mol. The van der Waals surface area contributed by atoms with Crippen molar-refractivity contribution in [1.29, 1.82) is 0 Å². The van der Waals surface area contributed by atoms with E-state index in [4.69, 9.17) is 9.84 Å². The van der Waals surface area contributed by atoms with Gasteiger partial charge >= 0.3 is 5.97 Å². The summed E-state index contributed by atoms with van der Waals surface area (Å²) in [6.07, 6.45) is 1.33. The van der Waals surface area contributed by atoms with Crippen LogP contribution in [0.25, 0.3) is 0 Å². The minimum atomic E-state index is -1.24. The maximum absolute atomic E-state index is 12.0. The van der Waals surface area contributed by atoms with E-state index in [1.807, 2.05) is 0 Å². The van der Waals surface area contributed by atoms with E-state index in [0.29, 0.717) is 11.4 Å². The Labute approximate surface area is 115 Å². The number of nitrogens with zero attached hydrogens (tertiary/aromatic N) is 1. The molecule has 0 fully saturated rings. The second-order valence-electron chi connectivity index (χ2n) is 3.89. The van der Waals surface area contributed by atoms with Gasteiger partial charge in [-0.25, -0.2) is 9.78 Å². The van der Waals surface area contributed by atoms with Gasteiger partial charge in [-0.2, -0.15) is 0 Å². The zero-order chi connectivity index (χ0) is 14.5. The predicted octanol–water partition coefficient (Wildman–Crippen LogP) is 2.04.